The molecule has 1 N–H and O–H groups in total. The lowest BCUT2D eigenvalue weighted by molar-refractivity contribution is 0.120. The third-order valence-corrected chi connectivity index (χ3v) is 2.16. The molecular formula is C11H14ClNO2. The molecule has 0 aliphatic heterocycles. The Hall–Kier alpha value is -1.06. The van der Waals surface area contributed by atoms with E-state index in [0.29, 0.717) is 19.6 Å². The molecule has 0 spiro atoms. The second-order valence-corrected chi connectivity index (χ2v) is 3.55. The van der Waals surface area contributed by atoms with Crippen LogP contribution in [-0.2, 0) is 11.3 Å². The van der Waals surface area contributed by atoms with Crippen LogP contribution in [-0.4, -0.2) is 17.0 Å². The molecule has 0 aliphatic rings. The van der Waals surface area contributed by atoms with Gasteiger partial charge in [0.25, 0.3) is 0 Å². The predicted molar refractivity (Wildman–Crippen MR) is 60.4 cm³/mol. The SMILES string of the molecule is O/N=C(\Cl)CCCOCc1ccccc1. The van der Waals surface area contributed by atoms with Gasteiger partial charge in [0.1, 0.15) is 5.17 Å². The van der Waals surface area contributed by atoms with Gasteiger partial charge in [-0.1, -0.05) is 47.1 Å². The Morgan fingerprint density at radius 3 is 2.73 bits per heavy atom. The molecule has 0 saturated carbocycles. The summed E-state index contributed by atoms with van der Waals surface area (Å²) >= 11 is 5.51. The molecule has 0 aliphatic carbocycles. The van der Waals surface area contributed by atoms with Gasteiger partial charge >= 0.3 is 0 Å². The van der Waals surface area contributed by atoms with Crippen LogP contribution >= 0.6 is 11.6 Å². The summed E-state index contributed by atoms with van der Waals surface area (Å²) in [5.74, 6) is 0. The molecule has 0 unspecified atom stereocenters. The van der Waals surface area contributed by atoms with E-state index in [1.165, 1.54) is 0 Å². The number of halogens is 1. The fourth-order valence-corrected chi connectivity index (χ4v) is 1.27. The quantitative estimate of drug-likeness (QED) is 0.351. The number of nitrogens with zero attached hydrogens (tertiary/aromatic N) is 1. The van der Waals surface area contributed by atoms with Gasteiger partial charge in [0.2, 0.25) is 0 Å². The molecule has 0 bridgehead atoms. The van der Waals surface area contributed by atoms with Crippen molar-refractivity contribution in [2.75, 3.05) is 6.61 Å². The average Bonchev–Trinajstić information content (AvgIpc) is 2.29. The molecule has 0 radical (unpaired) electrons. The second kappa shape index (κ2) is 7.26. The highest BCUT2D eigenvalue weighted by atomic mass is 35.5. The van der Waals surface area contributed by atoms with E-state index in [9.17, 15) is 0 Å². The van der Waals surface area contributed by atoms with E-state index in [0.717, 1.165) is 12.0 Å². The van der Waals surface area contributed by atoms with Crippen LogP contribution in [0.3, 0.4) is 0 Å². The summed E-state index contributed by atoms with van der Waals surface area (Å²) in [7, 11) is 0. The highest BCUT2D eigenvalue weighted by Gasteiger charge is 1.96. The van der Waals surface area contributed by atoms with Gasteiger partial charge in [-0.15, -0.1) is 0 Å². The predicted octanol–water partition coefficient (Wildman–Crippen LogP) is 3.01. The molecule has 0 heterocycles. The molecule has 0 amide bonds. The summed E-state index contributed by atoms with van der Waals surface area (Å²) in [4.78, 5) is 0. The summed E-state index contributed by atoms with van der Waals surface area (Å²) in [5.41, 5.74) is 1.15. The van der Waals surface area contributed by atoms with Gasteiger partial charge in [-0.2, -0.15) is 0 Å². The van der Waals surface area contributed by atoms with Crippen LogP contribution < -0.4 is 0 Å². The number of ether oxygens (including phenoxy) is 1. The Bertz CT molecular complexity index is 301. The zero-order chi connectivity index (χ0) is 10.9. The molecule has 0 saturated heterocycles. The third-order valence-electron chi connectivity index (χ3n) is 1.89. The number of benzene rings is 1. The van der Waals surface area contributed by atoms with Gasteiger partial charge in [-0.05, 0) is 12.0 Å². The summed E-state index contributed by atoms with van der Waals surface area (Å²) in [5, 5.41) is 11.4. The van der Waals surface area contributed by atoms with Gasteiger partial charge in [-0.3, -0.25) is 0 Å². The van der Waals surface area contributed by atoms with E-state index in [1.54, 1.807) is 0 Å². The van der Waals surface area contributed by atoms with Crippen molar-refractivity contribution in [2.24, 2.45) is 5.16 Å². The first-order valence-corrected chi connectivity index (χ1v) is 5.19. The van der Waals surface area contributed by atoms with Gasteiger partial charge in [-0.25, -0.2) is 0 Å². The topological polar surface area (TPSA) is 41.8 Å². The molecule has 0 atom stereocenters. The molecule has 0 fully saturated rings. The second-order valence-electron chi connectivity index (χ2n) is 3.12. The van der Waals surface area contributed by atoms with Crippen molar-refractivity contribution in [1.82, 2.24) is 0 Å². The van der Waals surface area contributed by atoms with Crippen LogP contribution in [0.1, 0.15) is 18.4 Å². The fraction of sp³-hybridized carbons (Fsp3) is 0.364. The molecule has 0 aromatic heterocycles. The van der Waals surface area contributed by atoms with E-state index in [1.807, 2.05) is 30.3 Å². The first kappa shape index (κ1) is 12.0. The van der Waals surface area contributed by atoms with Crippen LogP contribution in [0, 0.1) is 0 Å². The maximum absolute atomic E-state index is 8.28. The average molecular weight is 228 g/mol. The maximum Gasteiger partial charge on any atom is 0.145 e. The van der Waals surface area contributed by atoms with Crippen LogP contribution in [0.2, 0.25) is 0 Å². The van der Waals surface area contributed by atoms with Crippen molar-refractivity contribution in [2.45, 2.75) is 19.4 Å². The first-order valence-electron chi connectivity index (χ1n) is 4.81. The molecule has 4 heteroatoms. The summed E-state index contributed by atoms with van der Waals surface area (Å²) in [6.07, 6.45) is 1.31. The Morgan fingerprint density at radius 2 is 2.07 bits per heavy atom. The van der Waals surface area contributed by atoms with Crippen molar-refractivity contribution in [3.05, 3.63) is 35.9 Å². The zero-order valence-electron chi connectivity index (χ0n) is 8.40. The summed E-state index contributed by atoms with van der Waals surface area (Å²) < 4.78 is 5.42. The van der Waals surface area contributed by atoms with E-state index >= 15 is 0 Å². The normalized spacial score (nSPS) is 11.7. The van der Waals surface area contributed by atoms with Gasteiger partial charge < -0.3 is 9.94 Å². The number of hydrogen-bond donors (Lipinski definition) is 1. The van der Waals surface area contributed by atoms with Crippen molar-refractivity contribution in [3.63, 3.8) is 0 Å². The van der Waals surface area contributed by atoms with Crippen LogP contribution in [0.5, 0.6) is 0 Å². The first-order chi connectivity index (χ1) is 7.33. The summed E-state index contributed by atoms with van der Waals surface area (Å²) in [6, 6.07) is 9.97. The highest BCUT2D eigenvalue weighted by molar-refractivity contribution is 6.65. The number of rotatable bonds is 6. The lowest BCUT2D eigenvalue weighted by Crippen LogP contribution is -1.97. The van der Waals surface area contributed by atoms with Crippen molar-refractivity contribution in [1.29, 1.82) is 0 Å². The fourth-order valence-electron chi connectivity index (χ4n) is 1.13. The molecule has 3 nitrogen and oxygen atoms in total. The molecule has 1 aromatic rings. The Labute approximate surface area is 94.3 Å². The highest BCUT2D eigenvalue weighted by Crippen LogP contribution is 2.02. The Balaban J connectivity index is 2.08. The zero-order valence-corrected chi connectivity index (χ0v) is 9.15. The number of hydrogen-bond acceptors (Lipinski definition) is 3. The van der Waals surface area contributed by atoms with Gasteiger partial charge in [0.05, 0.1) is 6.61 Å². The molecule has 82 valence electrons. The van der Waals surface area contributed by atoms with Gasteiger partial charge in [0.15, 0.2) is 0 Å². The van der Waals surface area contributed by atoms with E-state index in [4.69, 9.17) is 21.5 Å². The lowest BCUT2D eigenvalue weighted by atomic mass is 10.2. The van der Waals surface area contributed by atoms with E-state index < -0.39 is 0 Å². The van der Waals surface area contributed by atoms with Crippen molar-refractivity contribution >= 4 is 16.8 Å². The molecular weight excluding hydrogens is 214 g/mol. The van der Waals surface area contributed by atoms with E-state index in [2.05, 4.69) is 5.16 Å². The van der Waals surface area contributed by atoms with Crippen molar-refractivity contribution < 1.29 is 9.94 Å². The standard InChI is InChI=1S/C11H14ClNO2/c12-11(13-14)7-4-8-15-9-10-5-2-1-3-6-10/h1-3,5-6,14H,4,7-9H2/b13-11-. The lowest BCUT2D eigenvalue weighted by Gasteiger charge is -2.03. The van der Waals surface area contributed by atoms with Crippen LogP contribution in [0.4, 0.5) is 0 Å². The smallest absolute Gasteiger partial charge is 0.145 e. The Kier molecular flexibility index (Phi) is 5.81. The van der Waals surface area contributed by atoms with Gasteiger partial charge in [0, 0.05) is 13.0 Å². The summed E-state index contributed by atoms with van der Waals surface area (Å²) in [6.45, 7) is 1.22. The van der Waals surface area contributed by atoms with E-state index in [-0.39, 0.29) is 5.17 Å². The van der Waals surface area contributed by atoms with Crippen molar-refractivity contribution in [3.8, 4) is 0 Å². The largest absolute Gasteiger partial charge is 0.410 e. The molecule has 15 heavy (non-hydrogen) atoms. The minimum atomic E-state index is 0.221. The molecule has 1 aromatic carbocycles. The minimum Gasteiger partial charge on any atom is -0.410 e. The number of oxime groups is 1. The maximum atomic E-state index is 8.28. The molecule has 1 rings (SSSR count). The monoisotopic (exact) mass is 227 g/mol. The minimum absolute atomic E-state index is 0.221. The van der Waals surface area contributed by atoms with Crippen LogP contribution in [0.15, 0.2) is 35.5 Å². The van der Waals surface area contributed by atoms with Crippen LogP contribution in [0.25, 0.3) is 0 Å². The third kappa shape index (κ3) is 5.40. The Morgan fingerprint density at radius 1 is 1.33 bits per heavy atom.